The second-order valence-corrected chi connectivity index (χ2v) is 5.46. The van der Waals surface area contributed by atoms with Gasteiger partial charge in [-0.15, -0.1) is 0 Å². The molecule has 0 saturated carbocycles. The van der Waals surface area contributed by atoms with Gasteiger partial charge in [-0.25, -0.2) is 4.98 Å². The van der Waals surface area contributed by atoms with Gasteiger partial charge in [-0.3, -0.25) is 4.79 Å². The molecule has 0 aliphatic rings. The molecule has 120 valence electrons. The molecule has 2 rings (SSSR count). The molecule has 3 N–H and O–H groups in total. The summed E-state index contributed by atoms with van der Waals surface area (Å²) >= 11 is 5.83. The van der Waals surface area contributed by atoms with Crippen LogP contribution in [0.5, 0.6) is 0 Å². The van der Waals surface area contributed by atoms with Crippen LogP contribution < -0.4 is 10.6 Å². The topological polar surface area (TPSA) is 98.8 Å². The molecule has 0 aliphatic carbocycles. The molecule has 2 aromatic rings. The largest absolute Gasteiger partial charge is 0.368 e. The Balaban J connectivity index is 1.75. The minimum absolute atomic E-state index is 0.00673. The minimum Gasteiger partial charge on any atom is -0.368 e. The van der Waals surface area contributed by atoms with E-state index in [2.05, 4.69) is 35.5 Å². The van der Waals surface area contributed by atoms with E-state index in [0.717, 1.165) is 13.0 Å². The summed E-state index contributed by atoms with van der Waals surface area (Å²) in [6.07, 6.45) is 2.82. The van der Waals surface area contributed by atoms with Gasteiger partial charge in [0, 0.05) is 19.5 Å². The van der Waals surface area contributed by atoms with Crippen LogP contribution in [0, 0.1) is 0 Å². The van der Waals surface area contributed by atoms with Crippen LogP contribution in [0.4, 0.5) is 5.82 Å². The fourth-order valence-electron chi connectivity index (χ4n) is 1.94. The number of nitrogens with zero attached hydrogens (tertiary/aromatic N) is 4. The van der Waals surface area contributed by atoms with Gasteiger partial charge < -0.3 is 20.5 Å². The summed E-state index contributed by atoms with van der Waals surface area (Å²) in [5.74, 6) is 0.556. The molecule has 0 bridgehead atoms. The van der Waals surface area contributed by atoms with Gasteiger partial charge in [-0.2, -0.15) is 9.97 Å². The summed E-state index contributed by atoms with van der Waals surface area (Å²) in [6.45, 7) is 2.10. The Morgan fingerprint density at radius 3 is 2.95 bits per heavy atom. The van der Waals surface area contributed by atoms with E-state index in [-0.39, 0.29) is 11.2 Å². The monoisotopic (exact) mass is 325 g/mol. The maximum atomic E-state index is 11.7. The number of aromatic nitrogens is 4. The smallest absolute Gasteiger partial charge is 0.226 e. The molecule has 0 spiro atoms. The number of carbonyl (C=O) groups excluding carboxylic acids is 1. The van der Waals surface area contributed by atoms with E-state index in [4.69, 9.17) is 11.6 Å². The van der Waals surface area contributed by atoms with Crippen molar-refractivity contribution in [1.29, 1.82) is 0 Å². The van der Waals surface area contributed by atoms with Crippen molar-refractivity contribution >= 4 is 34.5 Å². The first kappa shape index (κ1) is 16.4. The molecule has 0 atom stereocenters. The molecule has 0 radical (unpaired) electrons. The zero-order valence-corrected chi connectivity index (χ0v) is 13.4. The molecule has 1 amide bonds. The standard InChI is InChI=1S/C13H20ClN7O/c1-21(2)7-3-5-15-9(22)4-6-16-11-10-12(18-8-17-10)20-13(14)19-11/h8H,3-7H2,1-2H3,(H,15,22)(H2,16,17,18,19,20). The molecule has 22 heavy (non-hydrogen) atoms. The SMILES string of the molecule is CN(C)CCCNC(=O)CCNc1nc(Cl)nc2nc[nH]c12. The second kappa shape index (κ2) is 7.90. The fraction of sp³-hybridized carbons (Fsp3) is 0.538. The number of hydrogen-bond donors (Lipinski definition) is 3. The summed E-state index contributed by atoms with van der Waals surface area (Å²) in [4.78, 5) is 28.9. The number of hydrogen-bond acceptors (Lipinski definition) is 6. The third-order valence-corrected chi connectivity index (χ3v) is 3.18. The predicted octanol–water partition coefficient (Wildman–Crippen LogP) is 0.876. The van der Waals surface area contributed by atoms with Crippen molar-refractivity contribution in [1.82, 2.24) is 30.2 Å². The highest BCUT2D eigenvalue weighted by atomic mass is 35.5. The van der Waals surface area contributed by atoms with E-state index in [1.54, 1.807) is 0 Å². The van der Waals surface area contributed by atoms with Gasteiger partial charge in [-0.05, 0) is 38.7 Å². The first-order chi connectivity index (χ1) is 10.6. The number of carbonyl (C=O) groups is 1. The molecule has 0 unspecified atom stereocenters. The lowest BCUT2D eigenvalue weighted by Crippen LogP contribution is -2.28. The predicted molar refractivity (Wildman–Crippen MR) is 86.0 cm³/mol. The van der Waals surface area contributed by atoms with Crippen molar-refractivity contribution < 1.29 is 4.79 Å². The van der Waals surface area contributed by atoms with Crippen LogP contribution in [-0.4, -0.2) is 64.5 Å². The lowest BCUT2D eigenvalue weighted by Gasteiger charge is -2.10. The average Bonchev–Trinajstić information content (AvgIpc) is 2.91. The quantitative estimate of drug-likeness (QED) is 0.492. The summed E-state index contributed by atoms with van der Waals surface area (Å²) in [5, 5.41) is 6.08. The van der Waals surface area contributed by atoms with Crippen molar-refractivity contribution in [3.05, 3.63) is 11.6 Å². The molecule has 2 heterocycles. The number of fused-ring (bicyclic) bond motifs is 1. The van der Waals surface area contributed by atoms with Gasteiger partial charge >= 0.3 is 0 Å². The lowest BCUT2D eigenvalue weighted by molar-refractivity contribution is -0.120. The van der Waals surface area contributed by atoms with Gasteiger partial charge in [-0.1, -0.05) is 0 Å². The van der Waals surface area contributed by atoms with E-state index in [1.165, 1.54) is 6.33 Å². The number of halogens is 1. The minimum atomic E-state index is 0.00673. The number of nitrogens with one attached hydrogen (secondary N) is 3. The first-order valence-corrected chi connectivity index (χ1v) is 7.46. The molecule has 2 aromatic heterocycles. The highest BCUT2D eigenvalue weighted by Crippen LogP contribution is 2.18. The highest BCUT2D eigenvalue weighted by molar-refractivity contribution is 6.28. The van der Waals surface area contributed by atoms with Crippen LogP contribution in [0.1, 0.15) is 12.8 Å². The van der Waals surface area contributed by atoms with Gasteiger partial charge in [0.15, 0.2) is 11.5 Å². The number of rotatable bonds is 8. The number of imidazole rings is 1. The number of amides is 1. The Labute approximate surface area is 133 Å². The third-order valence-electron chi connectivity index (χ3n) is 3.01. The third kappa shape index (κ3) is 4.81. The van der Waals surface area contributed by atoms with Crippen LogP contribution in [0.2, 0.25) is 5.28 Å². The van der Waals surface area contributed by atoms with E-state index in [1.807, 2.05) is 14.1 Å². The van der Waals surface area contributed by atoms with Crippen molar-refractivity contribution in [3.8, 4) is 0 Å². The van der Waals surface area contributed by atoms with E-state index < -0.39 is 0 Å². The Kier molecular flexibility index (Phi) is 5.91. The Bertz CT molecular complexity index is 628. The zero-order valence-electron chi connectivity index (χ0n) is 12.7. The van der Waals surface area contributed by atoms with E-state index >= 15 is 0 Å². The Morgan fingerprint density at radius 2 is 2.18 bits per heavy atom. The van der Waals surface area contributed by atoms with Crippen molar-refractivity contribution in [3.63, 3.8) is 0 Å². The number of aromatic amines is 1. The maximum absolute atomic E-state index is 11.7. The van der Waals surface area contributed by atoms with Crippen molar-refractivity contribution in [2.75, 3.05) is 39.0 Å². The van der Waals surface area contributed by atoms with E-state index in [9.17, 15) is 4.79 Å². The molecule has 0 saturated heterocycles. The molecule has 9 heteroatoms. The van der Waals surface area contributed by atoms with Gasteiger partial charge in [0.1, 0.15) is 5.52 Å². The van der Waals surface area contributed by atoms with Crippen LogP contribution in [-0.2, 0) is 4.79 Å². The van der Waals surface area contributed by atoms with E-state index in [0.29, 0.717) is 36.5 Å². The summed E-state index contributed by atoms with van der Waals surface area (Å²) < 4.78 is 0. The van der Waals surface area contributed by atoms with Crippen molar-refractivity contribution in [2.45, 2.75) is 12.8 Å². The highest BCUT2D eigenvalue weighted by Gasteiger charge is 2.09. The first-order valence-electron chi connectivity index (χ1n) is 7.08. The molecular formula is C13H20ClN7O. The Hall–Kier alpha value is -1.93. The van der Waals surface area contributed by atoms with Crippen LogP contribution in [0.15, 0.2) is 6.33 Å². The van der Waals surface area contributed by atoms with Gasteiger partial charge in [0.25, 0.3) is 0 Å². The average molecular weight is 326 g/mol. The normalized spacial score (nSPS) is 11.1. The molecule has 0 aromatic carbocycles. The van der Waals surface area contributed by atoms with Gasteiger partial charge in [0.2, 0.25) is 11.2 Å². The number of H-pyrrole nitrogens is 1. The van der Waals surface area contributed by atoms with Crippen LogP contribution in [0.3, 0.4) is 0 Å². The maximum Gasteiger partial charge on any atom is 0.226 e. The molecule has 0 fully saturated rings. The van der Waals surface area contributed by atoms with Gasteiger partial charge in [0.05, 0.1) is 6.33 Å². The molecule has 8 nitrogen and oxygen atoms in total. The molecular weight excluding hydrogens is 306 g/mol. The number of anilines is 1. The van der Waals surface area contributed by atoms with Crippen LogP contribution in [0.25, 0.3) is 11.2 Å². The fourth-order valence-corrected chi connectivity index (χ4v) is 2.11. The summed E-state index contributed by atoms with van der Waals surface area (Å²) in [6, 6.07) is 0. The summed E-state index contributed by atoms with van der Waals surface area (Å²) in [7, 11) is 4.02. The van der Waals surface area contributed by atoms with Crippen molar-refractivity contribution in [2.24, 2.45) is 0 Å². The second-order valence-electron chi connectivity index (χ2n) is 5.13. The Morgan fingerprint density at radius 1 is 1.36 bits per heavy atom. The summed E-state index contributed by atoms with van der Waals surface area (Å²) in [5.41, 5.74) is 1.17. The van der Waals surface area contributed by atoms with Crippen LogP contribution >= 0.6 is 11.6 Å². The molecule has 0 aliphatic heterocycles. The zero-order chi connectivity index (χ0) is 15.9. The lowest BCUT2D eigenvalue weighted by atomic mass is 10.3.